The molecule has 0 aliphatic rings. The van der Waals surface area contributed by atoms with E-state index < -0.39 is 0 Å². The summed E-state index contributed by atoms with van der Waals surface area (Å²) < 4.78 is 23.7. The van der Waals surface area contributed by atoms with Gasteiger partial charge in [-0.2, -0.15) is 0 Å². The molecule has 0 atom stereocenters. The number of ether oxygens (including phenoxy) is 2. The largest absolute Gasteiger partial charge is 0.353 e. The van der Waals surface area contributed by atoms with Crippen molar-refractivity contribution in [1.29, 1.82) is 0 Å². The lowest BCUT2D eigenvalue weighted by Gasteiger charge is -2.16. The fourth-order valence-corrected chi connectivity index (χ4v) is 1.39. The van der Waals surface area contributed by atoms with Gasteiger partial charge in [0.15, 0.2) is 6.29 Å². The van der Waals surface area contributed by atoms with Gasteiger partial charge in [0.05, 0.1) is 0 Å². The zero-order valence-electron chi connectivity index (χ0n) is 9.20. The first-order chi connectivity index (χ1) is 7.26. The minimum atomic E-state index is -0.276. The highest BCUT2D eigenvalue weighted by molar-refractivity contribution is 5.16. The molecule has 15 heavy (non-hydrogen) atoms. The molecule has 0 N–H and O–H groups in total. The molecular formula is C12H17FO2. The summed E-state index contributed by atoms with van der Waals surface area (Å²) in [6.45, 7) is 5.02. The Kier molecular flexibility index (Phi) is 5.29. The third-order valence-corrected chi connectivity index (χ3v) is 2.00. The van der Waals surface area contributed by atoms with E-state index in [1.54, 1.807) is 6.07 Å². The summed E-state index contributed by atoms with van der Waals surface area (Å²) in [5, 5.41) is 0. The SMILES string of the molecule is CCOC(Cc1cccc(F)c1)OCC. The third-order valence-electron chi connectivity index (χ3n) is 2.00. The molecule has 0 saturated heterocycles. The van der Waals surface area contributed by atoms with Crippen LogP contribution in [0.2, 0.25) is 0 Å². The average molecular weight is 212 g/mol. The molecule has 0 amide bonds. The Hall–Kier alpha value is -0.930. The first kappa shape index (κ1) is 12.1. The summed E-state index contributed by atoms with van der Waals surface area (Å²) in [6.07, 6.45) is 0.307. The van der Waals surface area contributed by atoms with Crippen LogP contribution in [0.1, 0.15) is 19.4 Å². The first-order valence-electron chi connectivity index (χ1n) is 5.24. The van der Waals surface area contributed by atoms with E-state index >= 15 is 0 Å². The van der Waals surface area contributed by atoms with E-state index in [2.05, 4.69) is 0 Å². The molecular weight excluding hydrogens is 195 g/mol. The molecule has 0 aliphatic heterocycles. The molecule has 0 radical (unpaired) electrons. The van der Waals surface area contributed by atoms with Crippen LogP contribution in [0, 0.1) is 5.82 Å². The number of rotatable bonds is 6. The van der Waals surface area contributed by atoms with E-state index in [9.17, 15) is 4.39 Å². The van der Waals surface area contributed by atoms with Gasteiger partial charge in [0.25, 0.3) is 0 Å². The van der Waals surface area contributed by atoms with E-state index in [0.717, 1.165) is 5.56 Å². The summed E-state index contributed by atoms with van der Waals surface area (Å²) in [5.74, 6) is -0.223. The van der Waals surface area contributed by atoms with Crippen molar-refractivity contribution >= 4 is 0 Å². The van der Waals surface area contributed by atoms with Crippen molar-refractivity contribution in [1.82, 2.24) is 0 Å². The molecule has 3 heteroatoms. The zero-order valence-corrected chi connectivity index (χ0v) is 9.20. The van der Waals surface area contributed by atoms with Gasteiger partial charge in [0.1, 0.15) is 5.82 Å². The molecule has 0 unspecified atom stereocenters. The Morgan fingerprint density at radius 3 is 2.40 bits per heavy atom. The van der Waals surface area contributed by atoms with E-state index in [4.69, 9.17) is 9.47 Å². The van der Waals surface area contributed by atoms with Crippen LogP contribution >= 0.6 is 0 Å². The van der Waals surface area contributed by atoms with Gasteiger partial charge in [-0.05, 0) is 31.5 Å². The Labute approximate surface area is 90.0 Å². The van der Waals surface area contributed by atoms with Crippen molar-refractivity contribution in [3.05, 3.63) is 35.6 Å². The second kappa shape index (κ2) is 6.53. The Morgan fingerprint density at radius 1 is 1.20 bits per heavy atom. The lowest BCUT2D eigenvalue weighted by atomic mass is 10.1. The highest BCUT2D eigenvalue weighted by Gasteiger charge is 2.09. The van der Waals surface area contributed by atoms with Crippen LogP contribution in [0.15, 0.2) is 24.3 Å². The standard InChI is InChI=1S/C12H17FO2/c1-3-14-12(15-4-2)9-10-6-5-7-11(13)8-10/h5-8,12H,3-4,9H2,1-2H3. The molecule has 84 valence electrons. The monoisotopic (exact) mass is 212 g/mol. The summed E-state index contributed by atoms with van der Waals surface area (Å²) >= 11 is 0. The quantitative estimate of drug-likeness (QED) is 0.675. The molecule has 0 aliphatic carbocycles. The molecule has 0 bridgehead atoms. The normalized spacial score (nSPS) is 10.9. The third kappa shape index (κ3) is 4.40. The number of hydrogen-bond acceptors (Lipinski definition) is 2. The van der Waals surface area contributed by atoms with Gasteiger partial charge in [-0.15, -0.1) is 0 Å². The van der Waals surface area contributed by atoms with Crippen molar-refractivity contribution < 1.29 is 13.9 Å². The van der Waals surface area contributed by atoms with Crippen molar-refractivity contribution in [2.75, 3.05) is 13.2 Å². The molecule has 0 fully saturated rings. The van der Waals surface area contributed by atoms with Gasteiger partial charge in [-0.1, -0.05) is 12.1 Å². The van der Waals surface area contributed by atoms with Crippen molar-refractivity contribution in [3.8, 4) is 0 Å². The molecule has 0 spiro atoms. The molecule has 0 heterocycles. The summed E-state index contributed by atoms with van der Waals surface area (Å²) in [7, 11) is 0. The molecule has 1 rings (SSSR count). The van der Waals surface area contributed by atoms with Crippen molar-refractivity contribution in [2.45, 2.75) is 26.6 Å². The second-order valence-corrected chi connectivity index (χ2v) is 3.17. The van der Waals surface area contributed by atoms with Crippen LogP contribution in [0.25, 0.3) is 0 Å². The maximum atomic E-state index is 12.9. The highest BCUT2D eigenvalue weighted by atomic mass is 19.1. The van der Waals surface area contributed by atoms with Crippen LogP contribution in [0.4, 0.5) is 4.39 Å². The van der Waals surface area contributed by atoms with Gasteiger partial charge in [-0.3, -0.25) is 0 Å². The van der Waals surface area contributed by atoms with Crippen LogP contribution in [0.5, 0.6) is 0 Å². The lowest BCUT2D eigenvalue weighted by Crippen LogP contribution is -2.20. The van der Waals surface area contributed by atoms with Crippen molar-refractivity contribution in [2.24, 2.45) is 0 Å². The Balaban J connectivity index is 2.56. The smallest absolute Gasteiger partial charge is 0.161 e. The van der Waals surface area contributed by atoms with Gasteiger partial charge < -0.3 is 9.47 Å². The number of hydrogen-bond donors (Lipinski definition) is 0. The number of halogens is 1. The Bertz CT molecular complexity index is 283. The molecule has 2 nitrogen and oxygen atoms in total. The summed E-state index contributed by atoms with van der Waals surface area (Å²) in [6, 6.07) is 6.50. The minimum Gasteiger partial charge on any atom is -0.353 e. The second-order valence-electron chi connectivity index (χ2n) is 3.17. The van der Waals surface area contributed by atoms with Crippen molar-refractivity contribution in [3.63, 3.8) is 0 Å². The minimum absolute atomic E-state index is 0.223. The fourth-order valence-electron chi connectivity index (χ4n) is 1.39. The predicted octanol–water partition coefficient (Wildman–Crippen LogP) is 2.77. The van der Waals surface area contributed by atoms with Gasteiger partial charge in [0, 0.05) is 19.6 Å². The fraction of sp³-hybridized carbons (Fsp3) is 0.500. The predicted molar refractivity (Wildman–Crippen MR) is 57.1 cm³/mol. The molecule has 0 aromatic heterocycles. The van der Waals surface area contributed by atoms with Gasteiger partial charge in [0.2, 0.25) is 0 Å². The summed E-state index contributed by atoms with van der Waals surface area (Å²) in [5.41, 5.74) is 0.891. The van der Waals surface area contributed by atoms with E-state index in [-0.39, 0.29) is 12.1 Å². The van der Waals surface area contributed by atoms with E-state index in [0.29, 0.717) is 19.6 Å². The molecule has 1 aromatic carbocycles. The zero-order chi connectivity index (χ0) is 11.1. The van der Waals surface area contributed by atoms with Crippen LogP contribution in [0.3, 0.4) is 0 Å². The van der Waals surface area contributed by atoms with Crippen LogP contribution in [-0.4, -0.2) is 19.5 Å². The molecule has 0 saturated carbocycles. The number of benzene rings is 1. The van der Waals surface area contributed by atoms with Crippen LogP contribution in [-0.2, 0) is 15.9 Å². The van der Waals surface area contributed by atoms with Gasteiger partial charge >= 0.3 is 0 Å². The average Bonchev–Trinajstić information content (AvgIpc) is 2.18. The Morgan fingerprint density at radius 2 is 1.87 bits per heavy atom. The van der Waals surface area contributed by atoms with Crippen LogP contribution < -0.4 is 0 Å². The van der Waals surface area contributed by atoms with E-state index in [1.165, 1.54) is 12.1 Å². The topological polar surface area (TPSA) is 18.5 Å². The maximum Gasteiger partial charge on any atom is 0.161 e. The summed E-state index contributed by atoms with van der Waals surface area (Å²) in [4.78, 5) is 0. The highest BCUT2D eigenvalue weighted by Crippen LogP contribution is 2.09. The van der Waals surface area contributed by atoms with E-state index in [1.807, 2.05) is 19.9 Å². The van der Waals surface area contributed by atoms with Gasteiger partial charge in [-0.25, -0.2) is 4.39 Å². The lowest BCUT2D eigenvalue weighted by molar-refractivity contribution is -0.134. The maximum absolute atomic E-state index is 12.9. The molecule has 1 aromatic rings. The first-order valence-corrected chi connectivity index (χ1v) is 5.24.